The molecule has 1 aliphatic carbocycles. The minimum atomic E-state index is 0.137. The van der Waals surface area contributed by atoms with Crippen LogP contribution in [0.4, 0.5) is 5.95 Å². The molecule has 1 aromatic carbocycles. The summed E-state index contributed by atoms with van der Waals surface area (Å²) in [6.45, 7) is 7.36. The number of benzene rings is 1. The highest BCUT2D eigenvalue weighted by Crippen LogP contribution is 2.34. The Balaban J connectivity index is 1.93. The van der Waals surface area contributed by atoms with Gasteiger partial charge in [-0.15, -0.1) is 0 Å². The first-order valence-electron chi connectivity index (χ1n) is 7.96. The van der Waals surface area contributed by atoms with Crippen molar-refractivity contribution in [1.29, 1.82) is 0 Å². The number of ether oxygens (including phenoxy) is 1. The average molecular weight is 287 g/mol. The van der Waals surface area contributed by atoms with E-state index in [-0.39, 0.29) is 6.10 Å². The Hall–Kier alpha value is -1.71. The van der Waals surface area contributed by atoms with Crippen molar-refractivity contribution in [2.45, 2.75) is 52.7 Å². The molecule has 1 aliphatic rings. The summed E-state index contributed by atoms with van der Waals surface area (Å²) in [4.78, 5) is 4.54. The molecule has 0 radical (unpaired) electrons. The highest BCUT2D eigenvalue weighted by Gasteiger charge is 2.23. The summed E-state index contributed by atoms with van der Waals surface area (Å²) in [5.74, 6) is 2.98. The van der Waals surface area contributed by atoms with Crippen LogP contribution in [0.1, 0.15) is 40.0 Å². The van der Waals surface area contributed by atoms with Crippen LogP contribution < -0.4 is 10.5 Å². The molecule has 4 heteroatoms. The van der Waals surface area contributed by atoms with Crippen molar-refractivity contribution in [1.82, 2.24) is 9.55 Å². The van der Waals surface area contributed by atoms with Crippen LogP contribution in [0.5, 0.6) is 5.75 Å². The average Bonchev–Trinajstić information content (AvgIpc) is 2.96. The second kappa shape index (κ2) is 5.58. The standard InChI is InChI=1S/C17H25N3O/c1-11(2)21-15-6-4-5-14-16(15)19-17(18)20(14)10-13-8-7-12(3)9-13/h4-6,11-13H,7-10H2,1-3H3,(H2,18,19). The molecule has 0 amide bonds. The first-order chi connectivity index (χ1) is 10.0. The zero-order chi connectivity index (χ0) is 15.0. The lowest BCUT2D eigenvalue weighted by atomic mass is 10.1. The molecule has 114 valence electrons. The fourth-order valence-electron chi connectivity index (χ4n) is 3.43. The maximum Gasteiger partial charge on any atom is 0.201 e. The van der Waals surface area contributed by atoms with Gasteiger partial charge in [0.15, 0.2) is 0 Å². The fraction of sp³-hybridized carbons (Fsp3) is 0.588. The smallest absolute Gasteiger partial charge is 0.201 e. The van der Waals surface area contributed by atoms with E-state index >= 15 is 0 Å². The van der Waals surface area contributed by atoms with Crippen LogP contribution in [0.25, 0.3) is 11.0 Å². The monoisotopic (exact) mass is 287 g/mol. The number of fused-ring (bicyclic) bond motifs is 1. The number of nitrogen functional groups attached to an aromatic ring is 1. The van der Waals surface area contributed by atoms with E-state index in [0.29, 0.717) is 5.95 Å². The molecule has 2 aromatic rings. The lowest BCUT2D eigenvalue weighted by molar-refractivity contribution is 0.245. The number of anilines is 1. The van der Waals surface area contributed by atoms with Crippen molar-refractivity contribution in [2.24, 2.45) is 11.8 Å². The zero-order valence-electron chi connectivity index (χ0n) is 13.2. The molecule has 0 saturated heterocycles. The summed E-state index contributed by atoms with van der Waals surface area (Å²) in [6.07, 6.45) is 4.06. The van der Waals surface area contributed by atoms with Gasteiger partial charge in [-0.2, -0.15) is 0 Å². The van der Waals surface area contributed by atoms with E-state index in [0.717, 1.165) is 35.2 Å². The lowest BCUT2D eigenvalue weighted by Gasteiger charge is -2.13. The van der Waals surface area contributed by atoms with E-state index in [9.17, 15) is 0 Å². The number of imidazole rings is 1. The molecule has 3 rings (SSSR count). The molecule has 21 heavy (non-hydrogen) atoms. The minimum Gasteiger partial charge on any atom is -0.489 e. The van der Waals surface area contributed by atoms with Crippen molar-refractivity contribution in [3.05, 3.63) is 18.2 Å². The third-order valence-electron chi connectivity index (χ3n) is 4.38. The lowest BCUT2D eigenvalue weighted by Crippen LogP contribution is -2.10. The second-order valence-corrected chi connectivity index (χ2v) is 6.66. The summed E-state index contributed by atoms with van der Waals surface area (Å²) in [6, 6.07) is 6.08. The number of hydrogen-bond donors (Lipinski definition) is 1. The van der Waals surface area contributed by atoms with Crippen molar-refractivity contribution >= 4 is 17.0 Å². The highest BCUT2D eigenvalue weighted by molar-refractivity contribution is 5.84. The molecule has 0 spiro atoms. The number of aromatic nitrogens is 2. The Labute approximate surface area is 126 Å². The second-order valence-electron chi connectivity index (χ2n) is 6.66. The largest absolute Gasteiger partial charge is 0.489 e. The maximum absolute atomic E-state index is 6.16. The van der Waals surface area contributed by atoms with Crippen LogP contribution >= 0.6 is 0 Å². The molecule has 0 aliphatic heterocycles. The van der Waals surface area contributed by atoms with Crippen LogP contribution in [0.2, 0.25) is 0 Å². The Morgan fingerprint density at radius 3 is 2.86 bits per heavy atom. The maximum atomic E-state index is 6.16. The summed E-state index contributed by atoms with van der Waals surface area (Å²) in [5, 5.41) is 0. The van der Waals surface area contributed by atoms with Crippen LogP contribution in [-0.4, -0.2) is 15.7 Å². The Bertz CT molecular complexity index is 632. The molecular formula is C17H25N3O. The molecule has 2 atom stereocenters. The van der Waals surface area contributed by atoms with Gasteiger partial charge in [0.1, 0.15) is 11.3 Å². The quantitative estimate of drug-likeness (QED) is 0.929. The van der Waals surface area contributed by atoms with E-state index in [1.54, 1.807) is 0 Å². The molecule has 4 nitrogen and oxygen atoms in total. The van der Waals surface area contributed by atoms with E-state index in [1.165, 1.54) is 19.3 Å². The normalized spacial score (nSPS) is 22.3. The first-order valence-corrected chi connectivity index (χ1v) is 7.96. The van der Waals surface area contributed by atoms with Crippen LogP contribution in [0.3, 0.4) is 0 Å². The van der Waals surface area contributed by atoms with Crippen molar-refractivity contribution in [3.63, 3.8) is 0 Å². The number of nitrogens with two attached hydrogens (primary N) is 1. The van der Waals surface area contributed by atoms with Crippen LogP contribution in [0.15, 0.2) is 18.2 Å². The van der Waals surface area contributed by atoms with E-state index in [2.05, 4.69) is 22.5 Å². The Morgan fingerprint density at radius 1 is 1.38 bits per heavy atom. The van der Waals surface area contributed by atoms with Crippen molar-refractivity contribution in [2.75, 3.05) is 5.73 Å². The molecule has 1 heterocycles. The van der Waals surface area contributed by atoms with Gasteiger partial charge >= 0.3 is 0 Å². The first kappa shape index (κ1) is 14.2. The summed E-state index contributed by atoms with van der Waals surface area (Å²) in [7, 11) is 0. The van der Waals surface area contributed by atoms with Gasteiger partial charge in [-0.25, -0.2) is 4.98 Å². The van der Waals surface area contributed by atoms with E-state index in [4.69, 9.17) is 10.5 Å². The van der Waals surface area contributed by atoms with Gasteiger partial charge in [-0.1, -0.05) is 19.4 Å². The van der Waals surface area contributed by atoms with Crippen LogP contribution in [0, 0.1) is 11.8 Å². The van der Waals surface area contributed by atoms with Gasteiger partial charge < -0.3 is 15.0 Å². The molecule has 2 unspecified atom stereocenters. The number of rotatable bonds is 4. The van der Waals surface area contributed by atoms with E-state index in [1.807, 2.05) is 26.0 Å². The van der Waals surface area contributed by atoms with Gasteiger partial charge in [0.05, 0.1) is 11.6 Å². The molecule has 1 fully saturated rings. The van der Waals surface area contributed by atoms with Gasteiger partial charge in [0.25, 0.3) is 0 Å². The molecule has 0 bridgehead atoms. The number of nitrogens with zero attached hydrogens (tertiary/aromatic N) is 2. The summed E-state index contributed by atoms with van der Waals surface area (Å²) >= 11 is 0. The third kappa shape index (κ3) is 2.85. The number of para-hydroxylation sites is 1. The van der Waals surface area contributed by atoms with Gasteiger partial charge in [-0.3, -0.25) is 0 Å². The van der Waals surface area contributed by atoms with E-state index < -0.39 is 0 Å². The van der Waals surface area contributed by atoms with Crippen molar-refractivity contribution < 1.29 is 4.74 Å². The minimum absolute atomic E-state index is 0.137. The third-order valence-corrected chi connectivity index (χ3v) is 4.38. The Kier molecular flexibility index (Phi) is 3.79. The van der Waals surface area contributed by atoms with Crippen LogP contribution in [-0.2, 0) is 6.54 Å². The van der Waals surface area contributed by atoms with Gasteiger partial charge in [0.2, 0.25) is 5.95 Å². The molecule has 2 N–H and O–H groups in total. The fourth-order valence-corrected chi connectivity index (χ4v) is 3.43. The highest BCUT2D eigenvalue weighted by atomic mass is 16.5. The van der Waals surface area contributed by atoms with Crippen molar-refractivity contribution in [3.8, 4) is 5.75 Å². The summed E-state index contributed by atoms with van der Waals surface area (Å²) in [5.41, 5.74) is 8.13. The predicted octanol–water partition coefficient (Wildman–Crippen LogP) is 3.84. The zero-order valence-corrected chi connectivity index (χ0v) is 13.2. The SMILES string of the molecule is CC1CCC(Cn2c(N)nc3c(OC(C)C)cccc32)C1. The predicted molar refractivity (Wildman–Crippen MR) is 86.4 cm³/mol. The van der Waals surface area contributed by atoms with Gasteiger partial charge in [0, 0.05) is 6.54 Å². The molecule has 1 aromatic heterocycles. The molecular weight excluding hydrogens is 262 g/mol. The number of hydrogen-bond acceptors (Lipinski definition) is 3. The summed E-state index contributed by atoms with van der Waals surface area (Å²) < 4.78 is 8.01. The Morgan fingerprint density at radius 2 is 2.19 bits per heavy atom. The topological polar surface area (TPSA) is 53.1 Å². The van der Waals surface area contributed by atoms with Gasteiger partial charge in [-0.05, 0) is 50.7 Å². The molecule has 1 saturated carbocycles.